The molecule has 1 aliphatic rings. The molecule has 1 aromatic rings. The highest BCUT2D eigenvalue weighted by atomic mass is 16.3. The van der Waals surface area contributed by atoms with E-state index in [0.29, 0.717) is 5.56 Å². The van der Waals surface area contributed by atoms with E-state index in [0.717, 1.165) is 18.8 Å². The van der Waals surface area contributed by atoms with Crippen LogP contribution in [0.3, 0.4) is 0 Å². The lowest BCUT2D eigenvalue weighted by atomic mass is 10.2. The van der Waals surface area contributed by atoms with E-state index in [1.165, 1.54) is 12.8 Å². The molecular weight excluding hydrogens is 176 g/mol. The van der Waals surface area contributed by atoms with E-state index < -0.39 is 0 Å². The minimum Gasteiger partial charge on any atom is -0.506 e. The second-order valence-corrected chi connectivity index (χ2v) is 3.51. The van der Waals surface area contributed by atoms with Crippen LogP contribution in [0.5, 0.6) is 5.75 Å². The van der Waals surface area contributed by atoms with Crippen molar-refractivity contribution in [1.29, 1.82) is 5.26 Å². The van der Waals surface area contributed by atoms with Crippen molar-refractivity contribution in [3.8, 4) is 11.8 Å². The molecule has 0 amide bonds. The van der Waals surface area contributed by atoms with Gasteiger partial charge in [-0.25, -0.2) is 0 Å². The van der Waals surface area contributed by atoms with Gasteiger partial charge in [0.05, 0.1) is 5.56 Å². The van der Waals surface area contributed by atoms with Gasteiger partial charge in [-0.3, -0.25) is 0 Å². The quantitative estimate of drug-likeness (QED) is 0.731. The summed E-state index contributed by atoms with van der Waals surface area (Å²) in [5.74, 6) is 0.0805. The average Bonchev–Trinajstić information content (AvgIpc) is 2.70. The molecule has 3 heteroatoms. The number of phenols is 1. The summed E-state index contributed by atoms with van der Waals surface area (Å²) >= 11 is 0. The van der Waals surface area contributed by atoms with Crippen LogP contribution in [0.2, 0.25) is 0 Å². The summed E-state index contributed by atoms with van der Waals surface area (Å²) in [7, 11) is 0. The molecule has 1 aliphatic heterocycles. The van der Waals surface area contributed by atoms with Crippen LogP contribution in [0.4, 0.5) is 5.69 Å². The zero-order chi connectivity index (χ0) is 9.97. The van der Waals surface area contributed by atoms with Crippen LogP contribution in [0.1, 0.15) is 18.4 Å². The third-order valence-corrected chi connectivity index (χ3v) is 2.57. The molecule has 0 aromatic heterocycles. The molecule has 1 heterocycles. The van der Waals surface area contributed by atoms with Crippen molar-refractivity contribution in [3.63, 3.8) is 0 Å². The molecule has 0 atom stereocenters. The van der Waals surface area contributed by atoms with E-state index in [1.807, 2.05) is 12.1 Å². The van der Waals surface area contributed by atoms with Crippen LogP contribution in [-0.2, 0) is 0 Å². The fourth-order valence-corrected chi connectivity index (χ4v) is 1.79. The van der Waals surface area contributed by atoms with E-state index in [2.05, 4.69) is 4.90 Å². The molecule has 14 heavy (non-hydrogen) atoms. The number of phenolic OH excluding ortho intramolecular Hbond substituents is 1. The Morgan fingerprint density at radius 2 is 2.00 bits per heavy atom. The third-order valence-electron chi connectivity index (χ3n) is 2.57. The van der Waals surface area contributed by atoms with Crippen LogP contribution >= 0.6 is 0 Å². The lowest BCUT2D eigenvalue weighted by molar-refractivity contribution is 0.473. The largest absolute Gasteiger partial charge is 0.506 e. The zero-order valence-corrected chi connectivity index (χ0v) is 7.90. The smallest absolute Gasteiger partial charge is 0.135 e. The SMILES string of the molecule is N#Cc1ccc(N2CCCC2)cc1O. The molecule has 0 bridgehead atoms. The van der Waals surface area contributed by atoms with Gasteiger partial charge < -0.3 is 10.0 Å². The maximum atomic E-state index is 9.50. The number of nitriles is 1. The molecule has 72 valence electrons. The maximum Gasteiger partial charge on any atom is 0.135 e. The van der Waals surface area contributed by atoms with Crippen LogP contribution in [0.25, 0.3) is 0 Å². The topological polar surface area (TPSA) is 47.3 Å². The molecule has 0 aliphatic carbocycles. The van der Waals surface area contributed by atoms with Gasteiger partial charge in [0, 0.05) is 24.8 Å². The van der Waals surface area contributed by atoms with Crippen LogP contribution in [-0.4, -0.2) is 18.2 Å². The predicted molar refractivity (Wildman–Crippen MR) is 54.3 cm³/mol. The van der Waals surface area contributed by atoms with Gasteiger partial charge in [-0.2, -0.15) is 5.26 Å². The Labute approximate surface area is 83.2 Å². The Morgan fingerprint density at radius 3 is 2.57 bits per heavy atom. The molecule has 0 radical (unpaired) electrons. The molecule has 0 unspecified atom stereocenters. The standard InChI is InChI=1S/C11H12N2O/c12-8-9-3-4-10(7-11(9)14)13-5-1-2-6-13/h3-4,7,14H,1-2,5-6H2. The van der Waals surface area contributed by atoms with E-state index in [4.69, 9.17) is 5.26 Å². The van der Waals surface area contributed by atoms with Crippen molar-refractivity contribution in [2.75, 3.05) is 18.0 Å². The summed E-state index contributed by atoms with van der Waals surface area (Å²) in [6, 6.07) is 7.18. The van der Waals surface area contributed by atoms with E-state index in [1.54, 1.807) is 12.1 Å². The summed E-state index contributed by atoms with van der Waals surface area (Å²) in [4.78, 5) is 2.22. The number of hydrogen-bond donors (Lipinski definition) is 1. The lowest BCUT2D eigenvalue weighted by Gasteiger charge is -2.17. The van der Waals surface area contributed by atoms with E-state index in [-0.39, 0.29) is 5.75 Å². The number of nitrogens with zero attached hydrogens (tertiary/aromatic N) is 2. The predicted octanol–water partition coefficient (Wildman–Crippen LogP) is 1.86. The van der Waals surface area contributed by atoms with Crippen molar-refractivity contribution in [1.82, 2.24) is 0 Å². The summed E-state index contributed by atoms with van der Waals surface area (Å²) in [5, 5.41) is 18.2. The van der Waals surface area contributed by atoms with Crippen molar-refractivity contribution >= 4 is 5.69 Å². The number of rotatable bonds is 1. The maximum absolute atomic E-state index is 9.50. The Bertz CT molecular complexity index is 375. The Balaban J connectivity index is 2.28. The van der Waals surface area contributed by atoms with Gasteiger partial charge in [0.1, 0.15) is 11.8 Å². The Kier molecular flexibility index (Phi) is 2.28. The minimum atomic E-state index is 0.0805. The highest BCUT2D eigenvalue weighted by Gasteiger charge is 2.13. The summed E-state index contributed by atoms with van der Waals surface area (Å²) in [6.07, 6.45) is 2.42. The number of hydrogen-bond acceptors (Lipinski definition) is 3. The highest BCUT2D eigenvalue weighted by molar-refractivity contribution is 5.56. The molecular formula is C11H12N2O. The van der Waals surface area contributed by atoms with Crippen molar-refractivity contribution in [3.05, 3.63) is 23.8 Å². The Morgan fingerprint density at radius 1 is 1.29 bits per heavy atom. The molecule has 3 nitrogen and oxygen atoms in total. The van der Waals surface area contributed by atoms with Gasteiger partial charge in [0.15, 0.2) is 0 Å². The molecule has 1 fully saturated rings. The highest BCUT2D eigenvalue weighted by Crippen LogP contribution is 2.26. The molecule has 1 saturated heterocycles. The first-order chi connectivity index (χ1) is 6.81. The summed E-state index contributed by atoms with van der Waals surface area (Å²) in [5.41, 5.74) is 1.35. The van der Waals surface area contributed by atoms with Gasteiger partial charge in [0.25, 0.3) is 0 Å². The third kappa shape index (κ3) is 1.51. The molecule has 0 saturated carbocycles. The normalized spacial score (nSPS) is 15.5. The van der Waals surface area contributed by atoms with Gasteiger partial charge in [-0.15, -0.1) is 0 Å². The van der Waals surface area contributed by atoms with Gasteiger partial charge in [-0.05, 0) is 25.0 Å². The fraction of sp³-hybridized carbons (Fsp3) is 0.364. The van der Waals surface area contributed by atoms with Crippen LogP contribution < -0.4 is 4.90 Å². The van der Waals surface area contributed by atoms with Crippen LogP contribution in [0, 0.1) is 11.3 Å². The zero-order valence-electron chi connectivity index (χ0n) is 7.90. The monoisotopic (exact) mass is 188 g/mol. The summed E-state index contributed by atoms with van der Waals surface area (Å²) in [6.45, 7) is 2.09. The van der Waals surface area contributed by atoms with Gasteiger partial charge in [0.2, 0.25) is 0 Å². The lowest BCUT2D eigenvalue weighted by Crippen LogP contribution is -2.17. The molecule has 1 N–H and O–H groups in total. The van der Waals surface area contributed by atoms with E-state index in [9.17, 15) is 5.11 Å². The number of anilines is 1. The van der Waals surface area contributed by atoms with Crippen molar-refractivity contribution < 1.29 is 5.11 Å². The van der Waals surface area contributed by atoms with Gasteiger partial charge in [-0.1, -0.05) is 0 Å². The average molecular weight is 188 g/mol. The van der Waals surface area contributed by atoms with Crippen molar-refractivity contribution in [2.45, 2.75) is 12.8 Å². The fourth-order valence-electron chi connectivity index (χ4n) is 1.79. The first-order valence-electron chi connectivity index (χ1n) is 4.79. The molecule has 1 aromatic carbocycles. The number of benzene rings is 1. The Hall–Kier alpha value is -1.69. The first kappa shape index (κ1) is 8.89. The second kappa shape index (κ2) is 3.59. The van der Waals surface area contributed by atoms with Crippen LogP contribution in [0.15, 0.2) is 18.2 Å². The summed E-state index contributed by atoms with van der Waals surface area (Å²) < 4.78 is 0. The number of aromatic hydroxyl groups is 1. The van der Waals surface area contributed by atoms with Gasteiger partial charge >= 0.3 is 0 Å². The first-order valence-corrected chi connectivity index (χ1v) is 4.79. The minimum absolute atomic E-state index is 0.0805. The van der Waals surface area contributed by atoms with E-state index >= 15 is 0 Å². The van der Waals surface area contributed by atoms with Crippen molar-refractivity contribution in [2.24, 2.45) is 0 Å². The second-order valence-electron chi connectivity index (χ2n) is 3.51. The molecule has 2 rings (SSSR count). The molecule has 0 spiro atoms.